The molecule has 2 rings (SSSR count). The average molecular weight is 202 g/mol. The van der Waals surface area contributed by atoms with Crippen molar-refractivity contribution in [3.8, 4) is 0 Å². The Hall–Kier alpha value is -1.64. The Balaban J connectivity index is 2.55. The minimum absolute atomic E-state index is 0.128. The van der Waals surface area contributed by atoms with Crippen LogP contribution >= 0.6 is 0 Å². The van der Waals surface area contributed by atoms with Gasteiger partial charge in [0.25, 0.3) is 0 Å². The average Bonchev–Trinajstić information content (AvgIpc) is 2.32. The molecule has 1 aliphatic heterocycles. The van der Waals surface area contributed by atoms with Crippen molar-refractivity contribution in [2.45, 2.75) is 20.3 Å². The van der Waals surface area contributed by atoms with Crippen molar-refractivity contribution in [2.24, 2.45) is 4.99 Å². The third-order valence-electron chi connectivity index (χ3n) is 2.51. The Kier molecular flexibility index (Phi) is 2.54. The van der Waals surface area contributed by atoms with E-state index in [0.29, 0.717) is 13.0 Å². The second kappa shape index (κ2) is 3.85. The first-order chi connectivity index (χ1) is 7.22. The molecule has 0 spiro atoms. The van der Waals surface area contributed by atoms with Crippen LogP contribution in [0.5, 0.6) is 0 Å². The normalized spacial score (nSPS) is 15.7. The maximum atomic E-state index is 11.9. The molecule has 0 saturated heterocycles. The van der Waals surface area contributed by atoms with E-state index in [1.165, 1.54) is 0 Å². The highest BCUT2D eigenvalue weighted by Crippen LogP contribution is 2.31. The topological polar surface area (TPSA) is 32.7 Å². The standard InChI is InChI=1S/C12H14N2O/c1-3-14-11-7-5-4-6-10(11)13-9(2)8-12(14)15/h4-7H,3,8H2,1-2H3. The fraction of sp³-hybridized carbons (Fsp3) is 0.333. The van der Waals surface area contributed by atoms with Gasteiger partial charge in [-0.2, -0.15) is 0 Å². The lowest BCUT2D eigenvalue weighted by Crippen LogP contribution is -2.30. The van der Waals surface area contributed by atoms with Crippen molar-refractivity contribution in [2.75, 3.05) is 11.4 Å². The van der Waals surface area contributed by atoms with E-state index in [1.807, 2.05) is 38.1 Å². The molecule has 1 heterocycles. The van der Waals surface area contributed by atoms with Crippen molar-refractivity contribution in [1.29, 1.82) is 0 Å². The maximum absolute atomic E-state index is 11.9. The molecule has 78 valence electrons. The van der Waals surface area contributed by atoms with Crippen molar-refractivity contribution in [3.63, 3.8) is 0 Å². The summed E-state index contributed by atoms with van der Waals surface area (Å²) < 4.78 is 0. The molecule has 1 aromatic carbocycles. The Bertz CT molecular complexity index is 423. The molecule has 0 atom stereocenters. The van der Waals surface area contributed by atoms with Gasteiger partial charge in [-0.05, 0) is 26.0 Å². The summed E-state index contributed by atoms with van der Waals surface area (Å²) >= 11 is 0. The van der Waals surface area contributed by atoms with Crippen LogP contribution in [0, 0.1) is 0 Å². The van der Waals surface area contributed by atoms with Crippen molar-refractivity contribution >= 4 is 23.0 Å². The van der Waals surface area contributed by atoms with E-state index >= 15 is 0 Å². The van der Waals surface area contributed by atoms with Crippen LogP contribution in [-0.2, 0) is 4.79 Å². The maximum Gasteiger partial charge on any atom is 0.232 e. The van der Waals surface area contributed by atoms with E-state index in [9.17, 15) is 4.79 Å². The molecule has 1 amide bonds. The molecule has 0 saturated carbocycles. The number of para-hydroxylation sites is 2. The summed E-state index contributed by atoms with van der Waals surface area (Å²) in [5, 5.41) is 0. The second-order valence-corrected chi connectivity index (χ2v) is 3.65. The van der Waals surface area contributed by atoms with Gasteiger partial charge < -0.3 is 4.90 Å². The Morgan fingerprint density at radius 1 is 1.40 bits per heavy atom. The summed E-state index contributed by atoms with van der Waals surface area (Å²) in [6.45, 7) is 4.57. The summed E-state index contributed by atoms with van der Waals surface area (Å²) in [4.78, 5) is 18.1. The number of amides is 1. The minimum Gasteiger partial charge on any atom is -0.310 e. The third-order valence-corrected chi connectivity index (χ3v) is 2.51. The van der Waals surface area contributed by atoms with Crippen LogP contribution in [0.25, 0.3) is 0 Å². The number of anilines is 1. The van der Waals surface area contributed by atoms with Gasteiger partial charge in [0.15, 0.2) is 0 Å². The highest BCUT2D eigenvalue weighted by atomic mass is 16.2. The van der Waals surface area contributed by atoms with Crippen LogP contribution in [0.15, 0.2) is 29.3 Å². The smallest absolute Gasteiger partial charge is 0.232 e. The van der Waals surface area contributed by atoms with Crippen LogP contribution in [0.1, 0.15) is 20.3 Å². The van der Waals surface area contributed by atoms with Gasteiger partial charge >= 0.3 is 0 Å². The molecule has 0 unspecified atom stereocenters. The van der Waals surface area contributed by atoms with Crippen LogP contribution in [0.3, 0.4) is 0 Å². The van der Waals surface area contributed by atoms with Gasteiger partial charge in [0.05, 0.1) is 17.8 Å². The molecule has 0 fully saturated rings. The minimum atomic E-state index is 0.128. The molecule has 0 radical (unpaired) electrons. The molecule has 15 heavy (non-hydrogen) atoms. The number of hydrogen-bond acceptors (Lipinski definition) is 2. The third kappa shape index (κ3) is 1.77. The molecule has 1 aromatic rings. The van der Waals surface area contributed by atoms with Crippen LogP contribution in [-0.4, -0.2) is 18.2 Å². The van der Waals surface area contributed by atoms with Gasteiger partial charge in [0, 0.05) is 12.3 Å². The summed E-state index contributed by atoms with van der Waals surface area (Å²) in [7, 11) is 0. The lowest BCUT2D eigenvalue weighted by Gasteiger charge is -2.19. The molecule has 1 aliphatic rings. The number of benzene rings is 1. The van der Waals surface area contributed by atoms with Crippen LogP contribution in [0.4, 0.5) is 11.4 Å². The number of nitrogens with zero attached hydrogens (tertiary/aromatic N) is 2. The molecular formula is C12H14N2O. The van der Waals surface area contributed by atoms with Crippen molar-refractivity contribution in [1.82, 2.24) is 0 Å². The van der Waals surface area contributed by atoms with Crippen molar-refractivity contribution in [3.05, 3.63) is 24.3 Å². The highest BCUT2D eigenvalue weighted by molar-refractivity contribution is 6.10. The summed E-state index contributed by atoms with van der Waals surface area (Å²) in [6.07, 6.45) is 0.419. The van der Waals surface area contributed by atoms with Gasteiger partial charge in [0.2, 0.25) is 5.91 Å². The van der Waals surface area contributed by atoms with Crippen LogP contribution in [0.2, 0.25) is 0 Å². The van der Waals surface area contributed by atoms with Crippen molar-refractivity contribution < 1.29 is 4.79 Å². The van der Waals surface area contributed by atoms with E-state index in [1.54, 1.807) is 4.90 Å². The lowest BCUT2D eigenvalue weighted by molar-refractivity contribution is -0.117. The van der Waals surface area contributed by atoms with Gasteiger partial charge in [-0.15, -0.1) is 0 Å². The van der Waals surface area contributed by atoms with Gasteiger partial charge in [-0.3, -0.25) is 9.79 Å². The van der Waals surface area contributed by atoms with E-state index in [2.05, 4.69) is 4.99 Å². The monoisotopic (exact) mass is 202 g/mol. The fourth-order valence-electron chi connectivity index (χ4n) is 1.83. The van der Waals surface area contributed by atoms with Gasteiger partial charge in [0.1, 0.15) is 0 Å². The van der Waals surface area contributed by atoms with Gasteiger partial charge in [-0.1, -0.05) is 12.1 Å². The predicted molar refractivity (Wildman–Crippen MR) is 61.9 cm³/mol. The zero-order valence-corrected chi connectivity index (χ0v) is 9.03. The first-order valence-corrected chi connectivity index (χ1v) is 5.16. The molecule has 0 aliphatic carbocycles. The molecule has 0 aromatic heterocycles. The number of carbonyl (C=O) groups excluding carboxylic acids is 1. The number of fused-ring (bicyclic) bond motifs is 1. The zero-order chi connectivity index (χ0) is 10.8. The zero-order valence-electron chi connectivity index (χ0n) is 9.03. The van der Waals surface area contributed by atoms with E-state index in [0.717, 1.165) is 17.1 Å². The Morgan fingerprint density at radius 2 is 2.13 bits per heavy atom. The summed E-state index contributed by atoms with van der Waals surface area (Å²) in [5.74, 6) is 0.128. The van der Waals surface area contributed by atoms with Gasteiger partial charge in [-0.25, -0.2) is 0 Å². The predicted octanol–water partition coefficient (Wildman–Crippen LogP) is 2.54. The number of aliphatic imine (C=N–C) groups is 1. The lowest BCUT2D eigenvalue weighted by atomic mass is 10.2. The molecule has 0 bridgehead atoms. The van der Waals surface area contributed by atoms with Crippen LogP contribution < -0.4 is 4.90 Å². The largest absolute Gasteiger partial charge is 0.310 e. The fourth-order valence-corrected chi connectivity index (χ4v) is 1.83. The molecular weight excluding hydrogens is 188 g/mol. The van der Waals surface area contributed by atoms with E-state index < -0.39 is 0 Å². The first-order valence-electron chi connectivity index (χ1n) is 5.16. The summed E-state index contributed by atoms with van der Waals surface area (Å²) in [6, 6.07) is 7.77. The molecule has 0 N–H and O–H groups in total. The Morgan fingerprint density at radius 3 is 2.87 bits per heavy atom. The number of rotatable bonds is 1. The first kappa shape index (κ1) is 9.90. The highest BCUT2D eigenvalue weighted by Gasteiger charge is 2.20. The Labute approximate surface area is 89.4 Å². The molecule has 3 nitrogen and oxygen atoms in total. The van der Waals surface area contributed by atoms with E-state index in [-0.39, 0.29) is 5.91 Å². The SMILES string of the molecule is CCN1C(=O)CC(C)=Nc2ccccc21. The summed E-state index contributed by atoms with van der Waals surface area (Å²) in [5.41, 5.74) is 2.69. The van der Waals surface area contributed by atoms with E-state index in [4.69, 9.17) is 0 Å². The number of carbonyl (C=O) groups is 1. The molecule has 3 heteroatoms. The number of hydrogen-bond donors (Lipinski definition) is 0. The second-order valence-electron chi connectivity index (χ2n) is 3.65. The quantitative estimate of drug-likeness (QED) is 0.688.